The Bertz CT molecular complexity index is 1440. The molecule has 0 unspecified atom stereocenters. The van der Waals surface area contributed by atoms with Crippen LogP contribution in [0.3, 0.4) is 0 Å². The first-order valence-electron chi connectivity index (χ1n) is 10.1. The average molecular weight is 467 g/mol. The van der Waals surface area contributed by atoms with Crippen LogP contribution < -0.4 is 16.6 Å². The number of carbonyl (C=O) groups excluding carboxylic acids is 1. The second kappa shape index (κ2) is 9.21. The van der Waals surface area contributed by atoms with Gasteiger partial charge in [0.1, 0.15) is 0 Å². The van der Waals surface area contributed by atoms with Gasteiger partial charge in [0, 0.05) is 18.1 Å². The van der Waals surface area contributed by atoms with Crippen LogP contribution in [0, 0.1) is 6.92 Å². The van der Waals surface area contributed by atoms with Crippen molar-refractivity contribution >= 4 is 17.5 Å². The average Bonchev–Trinajstić information content (AvgIpc) is 3.29. The van der Waals surface area contributed by atoms with E-state index in [9.17, 15) is 14.4 Å². The molecule has 11 heteroatoms. The minimum atomic E-state index is -0.683. The van der Waals surface area contributed by atoms with Crippen molar-refractivity contribution in [3.8, 4) is 17.2 Å². The van der Waals surface area contributed by atoms with E-state index in [0.717, 1.165) is 20.4 Å². The first kappa shape index (κ1) is 22.2. The highest BCUT2D eigenvalue weighted by molar-refractivity contribution is 6.30. The minimum Gasteiger partial charge on any atom is -0.344 e. The molecule has 0 fully saturated rings. The Morgan fingerprint density at radius 2 is 1.91 bits per heavy atom. The zero-order valence-corrected chi connectivity index (χ0v) is 18.5. The number of benzene rings is 2. The van der Waals surface area contributed by atoms with Crippen LogP contribution in [0.2, 0.25) is 5.02 Å². The summed E-state index contributed by atoms with van der Waals surface area (Å²) in [5.41, 5.74) is 0.762. The highest BCUT2D eigenvalue weighted by Crippen LogP contribution is 2.12. The number of hydrogen-bond donors (Lipinski definition) is 1. The van der Waals surface area contributed by atoms with Gasteiger partial charge in [-0.2, -0.15) is 14.8 Å². The zero-order chi connectivity index (χ0) is 23.5. The standard InChI is InChI=1S/C22H19ClN6O4/c1-3-28-21(31)17(26-29(22(28)32)16-9-7-13(2)8-10-16)18-25-20(33-27-18)19(30)24-12-14-5-4-6-15(23)11-14/h4-11H,3,12H2,1-2H3,(H,24,30). The van der Waals surface area contributed by atoms with Crippen LogP contribution in [0.15, 0.2) is 62.6 Å². The third-order valence-electron chi connectivity index (χ3n) is 4.83. The molecule has 0 aliphatic rings. The van der Waals surface area contributed by atoms with Gasteiger partial charge in [0.05, 0.1) is 5.69 Å². The molecule has 4 aromatic rings. The SMILES string of the molecule is CCn1c(=O)c(-c2noc(C(=O)NCc3cccc(Cl)c3)n2)nn(-c2ccc(C)cc2)c1=O. The zero-order valence-electron chi connectivity index (χ0n) is 17.8. The minimum absolute atomic E-state index is 0.115. The molecule has 0 saturated heterocycles. The number of carbonyl (C=O) groups is 1. The summed E-state index contributed by atoms with van der Waals surface area (Å²) in [7, 11) is 0. The molecule has 0 aliphatic carbocycles. The molecule has 0 spiro atoms. The Morgan fingerprint density at radius 1 is 1.15 bits per heavy atom. The Morgan fingerprint density at radius 3 is 2.61 bits per heavy atom. The van der Waals surface area contributed by atoms with E-state index >= 15 is 0 Å². The van der Waals surface area contributed by atoms with Crippen molar-refractivity contribution in [3.05, 3.63) is 91.4 Å². The highest BCUT2D eigenvalue weighted by atomic mass is 35.5. The van der Waals surface area contributed by atoms with Gasteiger partial charge in [-0.3, -0.25) is 14.2 Å². The van der Waals surface area contributed by atoms with Crippen LogP contribution in [0.4, 0.5) is 0 Å². The van der Waals surface area contributed by atoms with Crippen molar-refractivity contribution in [2.45, 2.75) is 26.9 Å². The van der Waals surface area contributed by atoms with Crippen LogP contribution in [-0.4, -0.2) is 30.4 Å². The van der Waals surface area contributed by atoms with Gasteiger partial charge in [0.2, 0.25) is 5.82 Å². The van der Waals surface area contributed by atoms with Crippen molar-refractivity contribution in [1.82, 2.24) is 29.8 Å². The van der Waals surface area contributed by atoms with Gasteiger partial charge in [0.25, 0.3) is 5.56 Å². The Hall–Kier alpha value is -4.05. The Kier molecular flexibility index (Phi) is 6.18. The molecule has 168 valence electrons. The monoisotopic (exact) mass is 466 g/mol. The molecule has 4 rings (SSSR count). The van der Waals surface area contributed by atoms with E-state index in [0.29, 0.717) is 10.7 Å². The molecular weight excluding hydrogens is 448 g/mol. The second-order valence-corrected chi connectivity index (χ2v) is 7.60. The summed E-state index contributed by atoms with van der Waals surface area (Å²) < 4.78 is 7.14. The predicted molar refractivity (Wildman–Crippen MR) is 120 cm³/mol. The van der Waals surface area contributed by atoms with Crippen LogP contribution in [-0.2, 0) is 13.1 Å². The van der Waals surface area contributed by atoms with Crippen LogP contribution in [0.25, 0.3) is 17.2 Å². The Labute approximate surface area is 192 Å². The fourth-order valence-electron chi connectivity index (χ4n) is 3.10. The van der Waals surface area contributed by atoms with E-state index < -0.39 is 17.2 Å². The maximum atomic E-state index is 12.8. The van der Waals surface area contributed by atoms with Crippen molar-refractivity contribution < 1.29 is 9.32 Å². The number of aromatic nitrogens is 5. The third-order valence-corrected chi connectivity index (χ3v) is 5.06. The molecule has 0 bridgehead atoms. The van der Waals surface area contributed by atoms with Crippen LogP contribution >= 0.6 is 11.6 Å². The van der Waals surface area contributed by atoms with Gasteiger partial charge in [-0.15, -0.1) is 0 Å². The first-order chi connectivity index (χ1) is 15.9. The van der Waals surface area contributed by atoms with Gasteiger partial charge in [0.15, 0.2) is 5.69 Å². The summed E-state index contributed by atoms with van der Waals surface area (Å²) in [6.07, 6.45) is 0. The van der Waals surface area contributed by atoms with Gasteiger partial charge < -0.3 is 9.84 Å². The predicted octanol–water partition coefficient (Wildman–Crippen LogP) is 2.36. The van der Waals surface area contributed by atoms with E-state index in [-0.39, 0.29) is 30.5 Å². The molecule has 0 aliphatic heterocycles. The molecule has 2 heterocycles. The van der Waals surface area contributed by atoms with Gasteiger partial charge in [-0.25, -0.2) is 4.79 Å². The maximum absolute atomic E-state index is 12.8. The lowest BCUT2D eigenvalue weighted by Crippen LogP contribution is -2.41. The number of aryl methyl sites for hydroxylation is 1. The van der Waals surface area contributed by atoms with Crippen molar-refractivity contribution in [2.24, 2.45) is 0 Å². The summed E-state index contributed by atoms with van der Waals surface area (Å²) in [6, 6.07) is 14.1. The Balaban J connectivity index is 1.66. The lowest BCUT2D eigenvalue weighted by atomic mass is 10.2. The van der Waals surface area contributed by atoms with Gasteiger partial charge in [-0.05, 0) is 43.7 Å². The summed E-state index contributed by atoms with van der Waals surface area (Å²) in [4.78, 5) is 42.1. The molecule has 10 nitrogen and oxygen atoms in total. The molecule has 0 atom stereocenters. The number of halogens is 1. The largest absolute Gasteiger partial charge is 0.352 e. The molecule has 33 heavy (non-hydrogen) atoms. The van der Waals surface area contributed by atoms with Crippen LogP contribution in [0.1, 0.15) is 28.7 Å². The van der Waals surface area contributed by atoms with E-state index in [1.54, 1.807) is 43.3 Å². The van der Waals surface area contributed by atoms with Gasteiger partial charge in [-0.1, -0.05) is 46.6 Å². The quantitative estimate of drug-likeness (QED) is 0.462. The summed E-state index contributed by atoms with van der Waals surface area (Å²) in [6.45, 7) is 3.88. The topological polar surface area (TPSA) is 125 Å². The number of amides is 1. The van der Waals surface area contributed by atoms with Gasteiger partial charge >= 0.3 is 17.5 Å². The molecular formula is C22H19ClN6O4. The fourth-order valence-corrected chi connectivity index (χ4v) is 3.32. The second-order valence-electron chi connectivity index (χ2n) is 7.16. The third kappa shape index (κ3) is 4.60. The van der Waals surface area contributed by atoms with E-state index in [1.807, 2.05) is 19.1 Å². The maximum Gasteiger partial charge on any atom is 0.352 e. The number of rotatable bonds is 6. The lowest BCUT2D eigenvalue weighted by molar-refractivity contribution is 0.0907. The number of nitrogens with one attached hydrogen (secondary N) is 1. The molecule has 2 aromatic carbocycles. The molecule has 1 N–H and O–H groups in total. The molecule has 2 aromatic heterocycles. The summed E-state index contributed by atoms with van der Waals surface area (Å²) in [5.74, 6) is -1.17. The number of nitrogens with zero attached hydrogens (tertiary/aromatic N) is 5. The number of hydrogen-bond acceptors (Lipinski definition) is 7. The molecule has 0 radical (unpaired) electrons. The van der Waals surface area contributed by atoms with E-state index in [2.05, 4.69) is 20.6 Å². The first-order valence-corrected chi connectivity index (χ1v) is 10.4. The van der Waals surface area contributed by atoms with Crippen molar-refractivity contribution in [2.75, 3.05) is 0 Å². The van der Waals surface area contributed by atoms with Crippen molar-refractivity contribution in [1.29, 1.82) is 0 Å². The summed E-state index contributed by atoms with van der Waals surface area (Å²) in [5, 5.41) is 11.1. The molecule has 1 amide bonds. The highest BCUT2D eigenvalue weighted by Gasteiger charge is 2.22. The van der Waals surface area contributed by atoms with E-state index in [4.69, 9.17) is 16.1 Å². The fraction of sp³-hybridized carbons (Fsp3) is 0.182. The lowest BCUT2D eigenvalue weighted by Gasteiger charge is -2.09. The smallest absolute Gasteiger partial charge is 0.344 e. The van der Waals surface area contributed by atoms with Crippen molar-refractivity contribution in [3.63, 3.8) is 0 Å². The summed E-state index contributed by atoms with van der Waals surface area (Å²) >= 11 is 5.95. The normalized spacial score (nSPS) is 10.9. The van der Waals surface area contributed by atoms with E-state index in [1.165, 1.54) is 0 Å². The van der Waals surface area contributed by atoms with Crippen LogP contribution in [0.5, 0.6) is 0 Å². The molecule has 0 saturated carbocycles.